The second-order valence-electron chi connectivity index (χ2n) is 8.20. The highest BCUT2D eigenvalue weighted by Gasteiger charge is 2.23. The Morgan fingerprint density at radius 3 is 2.61 bits per heavy atom. The molecular weight excluding hydrogens is 538 g/mol. The van der Waals surface area contributed by atoms with Crippen molar-refractivity contribution in [2.24, 2.45) is 4.99 Å². The number of nitrogens with zero attached hydrogens (tertiary/aromatic N) is 1. The molecule has 2 atom stereocenters. The van der Waals surface area contributed by atoms with E-state index in [4.69, 9.17) is 0 Å². The number of carboxylic acids is 1. The predicted octanol–water partition coefficient (Wildman–Crippen LogP) is 0.963. The molecule has 12 nitrogen and oxygen atoms in total. The molecule has 13 heteroatoms. The van der Waals surface area contributed by atoms with Crippen LogP contribution in [0.3, 0.4) is 0 Å². The van der Waals surface area contributed by atoms with Crippen LogP contribution in [0.4, 0.5) is 5.69 Å². The number of benzene rings is 2. The first-order valence-corrected chi connectivity index (χ1v) is 11.7. The van der Waals surface area contributed by atoms with Crippen molar-refractivity contribution in [3.63, 3.8) is 0 Å². The molecule has 2 aromatic carbocycles. The Balaban J connectivity index is 1.66. The predicted molar refractivity (Wildman–Crippen MR) is 134 cm³/mol. The summed E-state index contributed by atoms with van der Waals surface area (Å²) >= 11 is 3.20. The number of aryl methyl sites for hydroxylation is 1. The van der Waals surface area contributed by atoms with E-state index in [1.54, 1.807) is 19.1 Å². The van der Waals surface area contributed by atoms with Crippen molar-refractivity contribution in [3.05, 3.63) is 51.5 Å². The van der Waals surface area contributed by atoms with Crippen LogP contribution in [0, 0.1) is 6.92 Å². The van der Waals surface area contributed by atoms with E-state index < -0.39 is 42.9 Å². The number of halogens is 1. The number of aliphatic carboxylic acids is 1. The van der Waals surface area contributed by atoms with Crippen molar-refractivity contribution >= 4 is 45.4 Å². The molecule has 0 bridgehead atoms. The number of carboxylic acid groups (broad SMARTS) is 1. The zero-order chi connectivity index (χ0) is 26.4. The summed E-state index contributed by atoms with van der Waals surface area (Å²) in [6, 6.07) is 6.21. The minimum absolute atomic E-state index is 0.0593. The number of amides is 2. The number of rotatable bonds is 8. The summed E-state index contributed by atoms with van der Waals surface area (Å²) < 4.78 is 0.356. The molecule has 2 aromatic rings. The van der Waals surface area contributed by atoms with E-state index in [0.29, 0.717) is 22.7 Å². The number of carbonyl (C=O) groups is 3. The average molecular weight is 564 g/mol. The van der Waals surface area contributed by atoms with Crippen LogP contribution in [0.15, 0.2) is 39.8 Å². The molecule has 192 valence electrons. The van der Waals surface area contributed by atoms with Gasteiger partial charge in [-0.2, -0.15) is 0 Å². The maximum atomic E-state index is 12.6. The third-order valence-electron chi connectivity index (χ3n) is 5.14. The van der Waals surface area contributed by atoms with Gasteiger partial charge < -0.3 is 41.7 Å². The molecule has 3 rings (SSSR count). The van der Waals surface area contributed by atoms with E-state index >= 15 is 0 Å². The van der Waals surface area contributed by atoms with E-state index in [-0.39, 0.29) is 29.2 Å². The summed E-state index contributed by atoms with van der Waals surface area (Å²) in [6.07, 6.45) is -1.08. The summed E-state index contributed by atoms with van der Waals surface area (Å²) in [5.41, 5.74) is 1.38. The normalized spacial score (nSPS) is 15.8. The number of phenols is 2. The number of aromatic hydroxyl groups is 2. The van der Waals surface area contributed by atoms with E-state index in [2.05, 4.69) is 42.2 Å². The average Bonchev–Trinajstić information content (AvgIpc) is 2.80. The van der Waals surface area contributed by atoms with Gasteiger partial charge in [-0.1, -0.05) is 6.07 Å². The van der Waals surface area contributed by atoms with Gasteiger partial charge in [-0.15, -0.1) is 0 Å². The molecule has 0 aliphatic carbocycles. The van der Waals surface area contributed by atoms with E-state index in [9.17, 15) is 34.8 Å². The van der Waals surface area contributed by atoms with Crippen molar-refractivity contribution in [2.75, 3.05) is 25.0 Å². The highest BCUT2D eigenvalue weighted by atomic mass is 79.9. The SMILES string of the molecule is Cc1cc(Br)c(O)c([C@@H](CC(=O)O)NC(=O)CNC(=O)c2cc(O)cc(NC3=NCC(O)CN3)c2)c1. The number of aliphatic hydroxyl groups is 1. The fourth-order valence-electron chi connectivity index (χ4n) is 3.51. The van der Waals surface area contributed by atoms with Gasteiger partial charge in [0.1, 0.15) is 11.5 Å². The number of hydrogen-bond donors (Lipinski definition) is 8. The van der Waals surface area contributed by atoms with Crippen LogP contribution in [-0.2, 0) is 9.59 Å². The number of guanidine groups is 1. The molecule has 0 fully saturated rings. The van der Waals surface area contributed by atoms with Gasteiger partial charge >= 0.3 is 5.97 Å². The monoisotopic (exact) mass is 563 g/mol. The summed E-state index contributed by atoms with van der Waals surface area (Å²) in [5.74, 6) is -2.55. The molecule has 0 spiro atoms. The number of aliphatic hydroxyl groups excluding tert-OH is 1. The van der Waals surface area contributed by atoms with Gasteiger partial charge in [0.15, 0.2) is 5.96 Å². The Morgan fingerprint density at radius 2 is 1.94 bits per heavy atom. The first-order valence-electron chi connectivity index (χ1n) is 10.9. The maximum Gasteiger partial charge on any atom is 0.305 e. The van der Waals surface area contributed by atoms with Gasteiger partial charge in [0.25, 0.3) is 5.91 Å². The van der Waals surface area contributed by atoms with Crippen LogP contribution in [0.5, 0.6) is 11.5 Å². The summed E-state index contributed by atoms with van der Waals surface area (Å²) in [4.78, 5) is 40.6. The van der Waals surface area contributed by atoms with Gasteiger partial charge in [-0.3, -0.25) is 19.4 Å². The maximum absolute atomic E-state index is 12.6. The van der Waals surface area contributed by atoms with Gasteiger partial charge in [-0.25, -0.2) is 0 Å². The molecular formula is C23H26BrN5O7. The number of anilines is 1. The zero-order valence-corrected chi connectivity index (χ0v) is 20.8. The molecule has 0 saturated heterocycles. The first kappa shape index (κ1) is 26.8. The van der Waals surface area contributed by atoms with Gasteiger partial charge in [0.05, 0.1) is 36.1 Å². The van der Waals surface area contributed by atoms with Crippen molar-refractivity contribution in [1.82, 2.24) is 16.0 Å². The smallest absolute Gasteiger partial charge is 0.305 e. The van der Waals surface area contributed by atoms with Gasteiger partial charge in [0.2, 0.25) is 5.91 Å². The Hall–Kier alpha value is -3.84. The Kier molecular flexibility index (Phi) is 8.72. The van der Waals surface area contributed by atoms with Crippen LogP contribution >= 0.6 is 15.9 Å². The second-order valence-corrected chi connectivity index (χ2v) is 9.06. The second kappa shape index (κ2) is 11.7. The topological polar surface area (TPSA) is 193 Å². The molecule has 0 aromatic heterocycles. The van der Waals surface area contributed by atoms with Crippen LogP contribution in [0.2, 0.25) is 0 Å². The fourth-order valence-corrected chi connectivity index (χ4v) is 4.10. The van der Waals surface area contributed by atoms with Crippen molar-refractivity contribution in [3.8, 4) is 11.5 Å². The number of carbonyl (C=O) groups excluding carboxylic acids is 2. The van der Waals surface area contributed by atoms with E-state index in [1.165, 1.54) is 18.2 Å². The molecule has 0 radical (unpaired) electrons. The van der Waals surface area contributed by atoms with Crippen LogP contribution in [0.25, 0.3) is 0 Å². The minimum Gasteiger partial charge on any atom is -0.508 e. The van der Waals surface area contributed by atoms with Crippen molar-refractivity contribution < 1.29 is 34.8 Å². The number of β-amino-alcohol motifs (C(OH)–C–C–N with tert-alkyl or cyclic N) is 1. The summed E-state index contributed by atoms with van der Waals surface area (Å²) in [6.45, 7) is 1.78. The summed E-state index contributed by atoms with van der Waals surface area (Å²) in [7, 11) is 0. The Bertz CT molecular complexity index is 1200. The lowest BCUT2D eigenvalue weighted by molar-refractivity contribution is -0.137. The molecule has 1 unspecified atom stereocenters. The fraction of sp³-hybridized carbons (Fsp3) is 0.304. The highest BCUT2D eigenvalue weighted by Crippen LogP contribution is 2.34. The first-order chi connectivity index (χ1) is 17.0. The lowest BCUT2D eigenvalue weighted by Gasteiger charge is -2.20. The third-order valence-corrected chi connectivity index (χ3v) is 5.75. The molecule has 8 N–H and O–H groups in total. The lowest BCUT2D eigenvalue weighted by Crippen LogP contribution is -2.42. The van der Waals surface area contributed by atoms with E-state index in [0.717, 1.165) is 5.56 Å². The van der Waals surface area contributed by atoms with Crippen LogP contribution in [-0.4, -0.2) is 69.9 Å². The largest absolute Gasteiger partial charge is 0.508 e. The Labute approximate surface area is 214 Å². The lowest BCUT2D eigenvalue weighted by atomic mass is 10.0. The molecule has 36 heavy (non-hydrogen) atoms. The number of nitrogens with one attached hydrogen (secondary N) is 4. The molecule has 1 heterocycles. The van der Waals surface area contributed by atoms with E-state index in [1.807, 2.05) is 0 Å². The van der Waals surface area contributed by atoms with Gasteiger partial charge in [-0.05, 0) is 46.6 Å². The number of aliphatic imine (C=N–C) groups is 1. The quantitative estimate of drug-likeness (QED) is 0.231. The molecule has 1 aliphatic heterocycles. The van der Waals surface area contributed by atoms with Crippen LogP contribution in [0.1, 0.15) is 33.9 Å². The van der Waals surface area contributed by atoms with Crippen molar-refractivity contribution in [1.29, 1.82) is 0 Å². The number of hydrogen-bond acceptors (Lipinski definition) is 9. The molecule has 1 aliphatic rings. The number of phenolic OH excluding ortho intramolecular Hbond substituents is 2. The minimum atomic E-state index is -1.19. The summed E-state index contributed by atoms with van der Waals surface area (Å²) in [5, 5.41) is 49.8. The third kappa shape index (κ3) is 7.33. The Morgan fingerprint density at radius 1 is 1.19 bits per heavy atom. The molecule has 2 amide bonds. The standard InChI is InChI=1S/C23H26BrN5O7/c1-11-2-16(21(35)17(24)3-11)18(7-20(33)34)29-19(32)10-25-22(36)12-4-13(6-14(30)5-12)28-23-26-8-15(31)9-27-23/h2-6,15,18,30-31,35H,7-10H2,1H3,(H,25,36)(H,29,32)(H,33,34)(H2,26,27,28)/t18-/m1/s1. The van der Waals surface area contributed by atoms with Crippen molar-refractivity contribution in [2.45, 2.75) is 25.5 Å². The molecule has 0 saturated carbocycles. The van der Waals surface area contributed by atoms with Crippen LogP contribution < -0.4 is 21.3 Å². The zero-order valence-electron chi connectivity index (χ0n) is 19.2. The highest BCUT2D eigenvalue weighted by molar-refractivity contribution is 9.10. The van der Waals surface area contributed by atoms with Gasteiger partial charge in [0, 0.05) is 29.4 Å².